The zero-order valence-electron chi connectivity index (χ0n) is 10.5. The van der Waals surface area contributed by atoms with E-state index in [0.29, 0.717) is 13.0 Å². The predicted octanol–water partition coefficient (Wildman–Crippen LogP) is 1.22. The van der Waals surface area contributed by atoms with Crippen molar-refractivity contribution in [2.45, 2.75) is 45.9 Å². The van der Waals surface area contributed by atoms with Crippen LogP contribution in [-0.2, 0) is 27.6 Å². The first kappa shape index (κ1) is 14.1. The molecule has 0 saturated carbocycles. The fourth-order valence-electron chi connectivity index (χ4n) is 1.33. The third-order valence-corrected chi connectivity index (χ3v) is 5.38. The highest BCUT2D eigenvalue weighted by Gasteiger charge is 2.54. The third kappa shape index (κ3) is 3.79. The Labute approximate surface area is 102 Å². The summed E-state index contributed by atoms with van der Waals surface area (Å²) in [5, 5.41) is 0. The average molecular weight is 262 g/mol. The highest BCUT2D eigenvalue weighted by atomic mass is 28.4. The first-order valence-electron chi connectivity index (χ1n) is 5.54. The van der Waals surface area contributed by atoms with Crippen LogP contribution in [0.4, 0.5) is 0 Å². The lowest BCUT2D eigenvalue weighted by atomic mass is 10.4. The van der Waals surface area contributed by atoms with Crippen LogP contribution in [0.2, 0.25) is 5.54 Å². The molecule has 0 spiro atoms. The Morgan fingerprint density at radius 2 is 1.71 bits per heavy atom. The molecule has 0 aromatic carbocycles. The molecule has 1 aliphatic heterocycles. The smallest absolute Gasteiger partial charge is 0.464 e. The number of rotatable bonds is 5. The van der Waals surface area contributed by atoms with Crippen molar-refractivity contribution in [3.8, 4) is 0 Å². The van der Waals surface area contributed by atoms with E-state index in [1.54, 1.807) is 13.8 Å². The molecule has 1 atom stereocenters. The number of ether oxygens (including phenoxy) is 1. The predicted molar refractivity (Wildman–Crippen MR) is 59.8 cm³/mol. The molecule has 0 bridgehead atoms. The van der Waals surface area contributed by atoms with Gasteiger partial charge in [-0.25, -0.2) is 0 Å². The topological polar surface area (TPSA) is 71.1 Å². The number of hydrogen-bond donors (Lipinski definition) is 0. The van der Waals surface area contributed by atoms with Crippen molar-refractivity contribution in [1.82, 2.24) is 0 Å². The third-order valence-electron chi connectivity index (χ3n) is 2.23. The largest absolute Gasteiger partial charge is 0.640 e. The molecule has 1 unspecified atom stereocenters. The first-order valence-corrected chi connectivity index (χ1v) is 7.34. The van der Waals surface area contributed by atoms with Gasteiger partial charge in [0.25, 0.3) is 11.9 Å². The van der Waals surface area contributed by atoms with Gasteiger partial charge >= 0.3 is 8.80 Å². The number of carbonyl (C=O) groups excluding carboxylic acids is 2. The van der Waals surface area contributed by atoms with E-state index >= 15 is 0 Å². The number of carbonyl (C=O) groups is 2. The fraction of sp³-hybridized carbons (Fsp3) is 0.800. The Hall–Kier alpha value is -0.923. The van der Waals surface area contributed by atoms with Crippen molar-refractivity contribution in [2.24, 2.45) is 0 Å². The van der Waals surface area contributed by atoms with Gasteiger partial charge in [-0.1, -0.05) is 13.8 Å². The Balaban J connectivity index is 2.82. The molecule has 6 nitrogen and oxygen atoms in total. The lowest BCUT2D eigenvalue weighted by molar-refractivity contribution is -0.194. The van der Waals surface area contributed by atoms with Gasteiger partial charge in [0.15, 0.2) is 6.29 Å². The van der Waals surface area contributed by atoms with Crippen molar-refractivity contribution in [2.75, 3.05) is 6.61 Å². The molecule has 0 radical (unpaired) electrons. The molecular weight excluding hydrogens is 244 g/mol. The van der Waals surface area contributed by atoms with Crippen LogP contribution < -0.4 is 0 Å². The average Bonchev–Trinajstić information content (AvgIpc) is 2.08. The summed E-state index contributed by atoms with van der Waals surface area (Å²) in [6.07, 6.45) is 0.270. The van der Waals surface area contributed by atoms with Gasteiger partial charge in [0.2, 0.25) is 0 Å². The van der Waals surface area contributed by atoms with Gasteiger partial charge in [0.05, 0.1) is 6.61 Å². The van der Waals surface area contributed by atoms with Gasteiger partial charge < -0.3 is 18.0 Å². The van der Waals surface area contributed by atoms with Gasteiger partial charge in [-0.05, 0) is 0 Å². The summed E-state index contributed by atoms with van der Waals surface area (Å²) in [6.45, 7) is 6.71. The minimum Gasteiger partial charge on any atom is -0.464 e. The second-order valence-electron chi connectivity index (χ2n) is 4.15. The molecule has 7 heteroatoms. The summed E-state index contributed by atoms with van der Waals surface area (Å²) in [5.74, 6) is -1.04. The summed E-state index contributed by atoms with van der Waals surface area (Å²) in [7, 11) is -3.36. The van der Waals surface area contributed by atoms with Gasteiger partial charge in [0.1, 0.15) is 0 Å². The zero-order chi connectivity index (χ0) is 13.1. The Bertz CT molecular complexity index is 283. The van der Waals surface area contributed by atoms with Crippen LogP contribution in [0.25, 0.3) is 0 Å². The summed E-state index contributed by atoms with van der Waals surface area (Å²) >= 11 is 0. The highest BCUT2D eigenvalue weighted by Crippen LogP contribution is 2.29. The molecule has 98 valence electrons. The molecule has 0 aliphatic carbocycles. The van der Waals surface area contributed by atoms with Crippen molar-refractivity contribution < 1.29 is 27.6 Å². The Morgan fingerprint density at radius 3 is 1.94 bits per heavy atom. The maximum atomic E-state index is 11.1. The van der Waals surface area contributed by atoms with Crippen molar-refractivity contribution >= 4 is 20.7 Å². The van der Waals surface area contributed by atoms with Gasteiger partial charge in [-0.15, -0.1) is 0 Å². The van der Waals surface area contributed by atoms with E-state index in [-0.39, 0.29) is 5.54 Å². The molecule has 1 aliphatic rings. The van der Waals surface area contributed by atoms with Crippen LogP contribution in [0, 0.1) is 0 Å². The summed E-state index contributed by atoms with van der Waals surface area (Å²) in [4.78, 5) is 22.3. The fourth-order valence-corrected chi connectivity index (χ4v) is 3.57. The van der Waals surface area contributed by atoms with Crippen molar-refractivity contribution in [1.29, 1.82) is 0 Å². The standard InChI is InChI=1S/C10H18O6Si/c1-7(2)17(14-8(3)11,15-9(4)12)16-10-5-6-13-10/h7,10H,5-6H2,1-4H3. The summed E-state index contributed by atoms with van der Waals surface area (Å²) < 4.78 is 21.1. The highest BCUT2D eigenvalue weighted by molar-refractivity contribution is 6.65. The molecule has 0 aromatic heterocycles. The van der Waals surface area contributed by atoms with Crippen LogP contribution in [0.1, 0.15) is 34.1 Å². The monoisotopic (exact) mass is 262 g/mol. The molecule has 0 amide bonds. The lowest BCUT2D eigenvalue weighted by Crippen LogP contribution is -2.55. The molecule has 17 heavy (non-hydrogen) atoms. The molecule has 0 aromatic rings. The SMILES string of the molecule is CC(=O)O[Si](OC(C)=O)(OC1CCO1)C(C)C. The van der Waals surface area contributed by atoms with E-state index in [4.69, 9.17) is 18.0 Å². The van der Waals surface area contributed by atoms with Gasteiger partial charge in [0, 0.05) is 25.8 Å². The van der Waals surface area contributed by atoms with E-state index in [9.17, 15) is 9.59 Å². The molecule has 1 rings (SSSR count). The van der Waals surface area contributed by atoms with E-state index < -0.39 is 27.0 Å². The second kappa shape index (κ2) is 5.61. The van der Waals surface area contributed by atoms with Gasteiger partial charge in [-0.3, -0.25) is 9.59 Å². The molecule has 1 fully saturated rings. The van der Waals surface area contributed by atoms with Gasteiger partial charge in [-0.2, -0.15) is 0 Å². The molecule has 0 N–H and O–H groups in total. The summed E-state index contributed by atoms with van der Waals surface area (Å²) in [5.41, 5.74) is -0.209. The van der Waals surface area contributed by atoms with Crippen LogP contribution >= 0.6 is 0 Å². The van der Waals surface area contributed by atoms with Crippen molar-refractivity contribution in [3.63, 3.8) is 0 Å². The Morgan fingerprint density at radius 1 is 1.24 bits per heavy atom. The second-order valence-corrected chi connectivity index (χ2v) is 7.16. The van der Waals surface area contributed by atoms with Crippen molar-refractivity contribution in [3.05, 3.63) is 0 Å². The quantitative estimate of drug-likeness (QED) is 0.694. The van der Waals surface area contributed by atoms with E-state index in [1.165, 1.54) is 13.8 Å². The maximum absolute atomic E-state index is 11.1. The van der Waals surface area contributed by atoms with Crippen LogP contribution in [0.15, 0.2) is 0 Å². The van der Waals surface area contributed by atoms with E-state index in [1.807, 2.05) is 0 Å². The van der Waals surface area contributed by atoms with E-state index in [2.05, 4.69) is 0 Å². The van der Waals surface area contributed by atoms with Crippen LogP contribution in [0.5, 0.6) is 0 Å². The Kier molecular flexibility index (Phi) is 4.67. The number of hydrogen-bond acceptors (Lipinski definition) is 6. The van der Waals surface area contributed by atoms with E-state index in [0.717, 1.165) is 0 Å². The molecule has 1 heterocycles. The minimum atomic E-state index is -3.36. The molecule has 1 saturated heterocycles. The van der Waals surface area contributed by atoms with Crippen LogP contribution in [-0.4, -0.2) is 33.6 Å². The molecular formula is C10H18O6Si. The maximum Gasteiger partial charge on any atom is 0.640 e. The van der Waals surface area contributed by atoms with Crippen LogP contribution in [0.3, 0.4) is 0 Å². The first-order chi connectivity index (χ1) is 7.85. The zero-order valence-corrected chi connectivity index (χ0v) is 11.5. The lowest BCUT2D eigenvalue weighted by Gasteiger charge is -2.36. The summed E-state index contributed by atoms with van der Waals surface area (Å²) in [6, 6.07) is 0. The normalized spacial score (nSPS) is 19.7. The minimum absolute atomic E-state index is 0.209.